The number of hydrogen-bond acceptors (Lipinski definition) is 8. The number of aromatic nitrogens is 1. The standard InChI is InChI=1S/C32H38FN3O7/c1-31(2,3)43-30(40)36-32(4,5)23-16-25(20-7-10-24(33)11-8-20)35-26(17-23)22(19-38)18-34-29(39)21-9-12-27(42-14-13-37)28(15-21)41-6/h7-12,15-17,19,37-38H,13-14,18H2,1-6H3,(H,34,39)(H,36,40)/b22-19-. The third kappa shape index (κ3) is 9.17. The first-order valence-corrected chi connectivity index (χ1v) is 13.6. The molecule has 0 bridgehead atoms. The number of rotatable bonds is 11. The summed E-state index contributed by atoms with van der Waals surface area (Å²) in [5.41, 5.74) is 0.915. The van der Waals surface area contributed by atoms with Crippen LogP contribution in [-0.4, -0.2) is 59.7 Å². The normalized spacial score (nSPS) is 12.0. The van der Waals surface area contributed by atoms with E-state index in [1.165, 1.54) is 25.3 Å². The highest BCUT2D eigenvalue weighted by Gasteiger charge is 2.28. The summed E-state index contributed by atoms with van der Waals surface area (Å²) >= 11 is 0. The Labute approximate surface area is 250 Å². The molecule has 230 valence electrons. The van der Waals surface area contributed by atoms with Crippen molar-refractivity contribution in [2.75, 3.05) is 26.9 Å². The number of aliphatic hydroxyl groups excluding tert-OH is 2. The van der Waals surface area contributed by atoms with E-state index in [9.17, 15) is 19.1 Å². The molecule has 0 radical (unpaired) electrons. The summed E-state index contributed by atoms with van der Waals surface area (Å²) in [6.07, 6.45) is 0.231. The van der Waals surface area contributed by atoms with Gasteiger partial charge in [-0.25, -0.2) is 14.2 Å². The Bertz CT molecular complexity index is 1460. The molecule has 0 fully saturated rings. The van der Waals surface area contributed by atoms with Crippen LogP contribution in [0.3, 0.4) is 0 Å². The molecule has 43 heavy (non-hydrogen) atoms. The van der Waals surface area contributed by atoms with Crippen LogP contribution in [0.1, 0.15) is 56.2 Å². The molecule has 0 aliphatic carbocycles. The number of nitrogens with one attached hydrogen (secondary N) is 2. The Balaban J connectivity index is 1.92. The molecule has 1 aromatic heterocycles. The van der Waals surface area contributed by atoms with Gasteiger partial charge in [-0.15, -0.1) is 0 Å². The summed E-state index contributed by atoms with van der Waals surface area (Å²) in [7, 11) is 1.44. The van der Waals surface area contributed by atoms with Crippen molar-refractivity contribution in [2.24, 2.45) is 0 Å². The van der Waals surface area contributed by atoms with Crippen LogP contribution in [0.2, 0.25) is 0 Å². The zero-order valence-corrected chi connectivity index (χ0v) is 25.2. The SMILES string of the molecule is COc1cc(C(=O)NC/C(=C/O)c2cc(C(C)(C)NC(=O)OC(C)(C)C)cc(-c3ccc(F)cc3)n2)ccc1OCCO. The lowest BCUT2D eigenvalue weighted by Crippen LogP contribution is -2.43. The highest BCUT2D eigenvalue weighted by Crippen LogP contribution is 2.30. The van der Waals surface area contributed by atoms with Crippen LogP contribution in [0.15, 0.2) is 60.9 Å². The first kappa shape index (κ1) is 32.9. The minimum Gasteiger partial charge on any atom is -0.515 e. The first-order chi connectivity index (χ1) is 20.3. The number of methoxy groups -OCH3 is 1. The highest BCUT2D eigenvalue weighted by molar-refractivity contribution is 5.95. The molecule has 2 amide bonds. The molecule has 3 rings (SSSR count). The fourth-order valence-electron chi connectivity index (χ4n) is 4.02. The van der Waals surface area contributed by atoms with Crippen molar-refractivity contribution >= 4 is 17.6 Å². The number of alkyl carbamates (subject to hydrolysis) is 1. The Kier molecular flexibility index (Phi) is 10.7. The molecule has 0 aliphatic rings. The molecule has 10 nitrogen and oxygen atoms in total. The van der Waals surface area contributed by atoms with Crippen molar-refractivity contribution in [3.8, 4) is 22.8 Å². The van der Waals surface area contributed by atoms with E-state index in [4.69, 9.17) is 19.3 Å². The van der Waals surface area contributed by atoms with Crippen molar-refractivity contribution in [1.82, 2.24) is 15.6 Å². The smallest absolute Gasteiger partial charge is 0.408 e. The number of aliphatic hydroxyl groups is 2. The number of halogens is 1. The van der Waals surface area contributed by atoms with Gasteiger partial charge in [-0.2, -0.15) is 0 Å². The number of benzene rings is 2. The van der Waals surface area contributed by atoms with Crippen LogP contribution in [0.25, 0.3) is 16.8 Å². The van der Waals surface area contributed by atoms with Crippen LogP contribution in [-0.2, 0) is 10.3 Å². The number of hydrogen-bond donors (Lipinski definition) is 4. The average Bonchev–Trinajstić information content (AvgIpc) is 2.95. The molecule has 2 aromatic carbocycles. The summed E-state index contributed by atoms with van der Waals surface area (Å²) in [6.45, 7) is 8.67. The number of ether oxygens (including phenoxy) is 3. The molecule has 0 spiro atoms. The number of carbonyl (C=O) groups excluding carboxylic acids is 2. The van der Waals surface area contributed by atoms with Crippen molar-refractivity contribution in [1.29, 1.82) is 0 Å². The monoisotopic (exact) mass is 595 g/mol. The molecule has 0 saturated carbocycles. The third-order valence-electron chi connectivity index (χ3n) is 6.20. The van der Waals surface area contributed by atoms with Crippen molar-refractivity contribution in [2.45, 2.75) is 45.8 Å². The van der Waals surface area contributed by atoms with Gasteiger partial charge in [-0.05, 0) is 94.8 Å². The lowest BCUT2D eigenvalue weighted by molar-refractivity contribution is 0.0470. The molecule has 0 unspecified atom stereocenters. The van der Waals surface area contributed by atoms with E-state index in [0.717, 1.165) is 6.26 Å². The van der Waals surface area contributed by atoms with Gasteiger partial charge in [0.15, 0.2) is 11.5 Å². The summed E-state index contributed by atoms with van der Waals surface area (Å²) in [5, 5.41) is 24.8. The van der Waals surface area contributed by atoms with E-state index < -0.39 is 29.0 Å². The topological polar surface area (TPSA) is 139 Å². The van der Waals surface area contributed by atoms with Crippen molar-refractivity contribution < 1.29 is 38.4 Å². The lowest BCUT2D eigenvalue weighted by atomic mass is 9.91. The molecule has 0 saturated heterocycles. The minimum absolute atomic E-state index is 0.0721. The maximum Gasteiger partial charge on any atom is 0.408 e. The Morgan fingerprint density at radius 3 is 2.30 bits per heavy atom. The first-order valence-electron chi connectivity index (χ1n) is 13.6. The van der Waals surface area contributed by atoms with Gasteiger partial charge in [0.1, 0.15) is 18.0 Å². The van der Waals surface area contributed by atoms with Gasteiger partial charge >= 0.3 is 6.09 Å². The van der Waals surface area contributed by atoms with E-state index >= 15 is 0 Å². The highest BCUT2D eigenvalue weighted by atomic mass is 19.1. The fourth-order valence-corrected chi connectivity index (χ4v) is 4.02. The molecule has 4 N–H and O–H groups in total. The molecule has 1 heterocycles. The van der Waals surface area contributed by atoms with Gasteiger partial charge < -0.3 is 35.1 Å². The summed E-state index contributed by atoms with van der Waals surface area (Å²) in [6, 6.07) is 13.8. The van der Waals surface area contributed by atoms with Gasteiger partial charge in [-0.3, -0.25) is 4.79 Å². The van der Waals surface area contributed by atoms with E-state index in [1.54, 1.807) is 71.0 Å². The third-order valence-corrected chi connectivity index (χ3v) is 6.20. The number of pyridine rings is 1. The molecular weight excluding hydrogens is 557 g/mol. The van der Waals surface area contributed by atoms with Crippen LogP contribution in [0.4, 0.5) is 9.18 Å². The van der Waals surface area contributed by atoms with Crippen LogP contribution >= 0.6 is 0 Å². The molecular formula is C32H38FN3O7. The Morgan fingerprint density at radius 1 is 1.00 bits per heavy atom. The lowest BCUT2D eigenvalue weighted by Gasteiger charge is -2.30. The van der Waals surface area contributed by atoms with Gasteiger partial charge in [0.05, 0.1) is 36.9 Å². The second-order valence-corrected chi connectivity index (χ2v) is 11.2. The van der Waals surface area contributed by atoms with E-state index in [1.807, 2.05) is 0 Å². The second kappa shape index (κ2) is 14.0. The number of carbonyl (C=O) groups is 2. The average molecular weight is 596 g/mol. The second-order valence-electron chi connectivity index (χ2n) is 11.2. The predicted octanol–water partition coefficient (Wildman–Crippen LogP) is 5.36. The summed E-state index contributed by atoms with van der Waals surface area (Å²) in [4.78, 5) is 30.3. The van der Waals surface area contributed by atoms with E-state index in [2.05, 4.69) is 15.6 Å². The van der Waals surface area contributed by atoms with Gasteiger partial charge in [0.25, 0.3) is 5.91 Å². The van der Waals surface area contributed by atoms with Crippen LogP contribution in [0.5, 0.6) is 11.5 Å². The quantitative estimate of drug-likeness (QED) is 0.218. The van der Waals surface area contributed by atoms with Crippen LogP contribution in [0, 0.1) is 5.82 Å². The molecule has 0 atom stereocenters. The molecule has 3 aromatic rings. The van der Waals surface area contributed by atoms with Gasteiger partial charge in [0.2, 0.25) is 0 Å². The summed E-state index contributed by atoms with van der Waals surface area (Å²) < 4.78 is 29.8. The Hall–Kier alpha value is -4.64. The number of amides is 2. The fraction of sp³-hybridized carbons (Fsp3) is 0.344. The maximum absolute atomic E-state index is 13.7. The largest absolute Gasteiger partial charge is 0.515 e. The predicted molar refractivity (Wildman–Crippen MR) is 161 cm³/mol. The molecule has 11 heteroatoms. The van der Waals surface area contributed by atoms with Gasteiger partial charge in [0, 0.05) is 23.2 Å². The summed E-state index contributed by atoms with van der Waals surface area (Å²) in [5.74, 6) is -0.165. The van der Waals surface area contributed by atoms with Crippen molar-refractivity contribution in [3.63, 3.8) is 0 Å². The van der Waals surface area contributed by atoms with E-state index in [-0.39, 0.29) is 30.9 Å². The van der Waals surface area contributed by atoms with Crippen LogP contribution < -0.4 is 20.1 Å². The zero-order valence-electron chi connectivity index (χ0n) is 25.2. The maximum atomic E-state index is 13.7. The van der Waals surface area contributed by atoms with Gasteiger partial charge in [-0.1, -0.05) is 0 Å². The Morgan fingerprint density at radius 2 is 1.70 bits per heavy atom. The minimum atomic E-state index is -0.949. The zero-order chi connectivity index (χ0) is 31.8. The van der Waals surface area contributed by atoms with Crippen molar-refractivity contribution in [3.05, 3.63) is 83.5 Å². The number of nitrogens with zero attached hydrogens (tertiary/aromatic N) is 1. The molecule has 0 aliphatic heterocycles. The van der Waals surface area contributed by atoms with E-state index in [0.29, 0.717) is 34.0 Å².